The molecule has 5 heteroatoms. The lowest BCUT2D eigenvalue weighted by molar-refractivity contribution is 0.0724. The Morgan fingerprint density at radius 3 is 2.36 bits per heavy atom. The zero-order valence-electron chi connectivity index (χ0n) is 15.0. The first kappa shape index (κ1) is 18.9. The van der Waals surface area contributed by atoms with Gasteiger partial charge in [0, 0.05) is 25.2 Å². The summed E-state index contributed by atoms with van der Waals surface area (Å²) < 4.78 is 0. The third-order valence-corrected chi connectivity index (χ3v) is 4.43. The van der Waals surface area contributed by atoms with Crippen molar-refractivity contribution in [2.24, 2.45) is 5.92 Å². The van der Waals surface area contributed by atoms with Crippen LogP contribution in [0, 0.1) is 18.3 Å². The molecule has 2 rings (SSSR count). The highest BCUT2D eigenvalue weighted by atomic mass is 16.2. The normalized spacial score (nSPS) is 15.4. The van der Waals surface area contributed by atoms with Crippen LogP contribution in [0.3, 0.4) is 0 Å². The molecule has 1 saturated heterocycles. The van der Waals surface area contributed by atoms with Crippen LogP contribution in [0.15, 0.2) is 24.3 Å². The van der Waals surface area contributed by atoms with E-state index >= 15 is 0 Å². The Hall–Kier alpha value is -2.48. The number of terminal acetylenes is 1. The van der Waals surface area contributed by atoms with Crippen LogP contribution in [0.5, 0.6) is 0 Å². The molecule has 1 aliphatic rings. The van der Waals surface area contributed by atoms with Crippen molar-refractivity contribution < 1.29 is 9.59 Å². The highest BCUT2D eigenvalue weighted by Gasteiger charge is 2.18. The van der Waals surface area contributed by atoms with Crippen LogP contribution < -0.4 is 10.6 Å². The third kappa shape index (κ3) is 5.53. The molecule has 1 unspecified atom stereocenters. The van der Waals surface area contributed by atoms with Crippen molar-refractivity contribution in [1.29, 1.82) is 0 Å². The van der Waals surface area contributed by atoms with Crippen molar-refractivity contribution in [3.8, 4) is 12.3 Å². The minimum atomic E-state index is -0.287. The first-order chi connectivity index (χ1) is 12.0. The molecule has 0 aromatic heterocycles. The summed E-state index contributed by atoms with van der Waals surface area (Å²) in [6.07, 6.45) is 8.77. The van der Waals surface area contributed by atoms with Gasteiger partial charge in [-0.25, -0.2) is 4.79 Å². The summed E-state index contributed by atoms with van der Waals surface area (Å²) in [4.78, 5) is 26.2. The summed E-state index contributed by atoms with van der Waals surface area (Å²) >= 11 is 0. The van der Waals surface area contributed by atoms with Gasteiger partial charge in [0.15, 0.2) is 0 Å². The maximum Gasteiger partial charge on any atom is 0.316 e. The van der Waals surface area contributed by atoms with E-state index in [0.29, 0.717) is 12.1 Å². The SMILES string of the molecule is C#CC(NC(=O)NCc1ccc(C(=O)N2CCCCC2)cc1)C(C)C. The molecule has 0 radical (unpaired) electrons. The largest absolute Gasteiger partial charge is 0.339 e. The number of carbonyl (C=O) groups excluding carboxylic acids is 2. The molecule has 1 aromatic rings. The second-order valence-electron chi connectivity index (χ2n) is 6.77. The Bertz CT molecular complexity index is 625. The summed E-state index contributed by atoms with van der Waals surface area (Å²) in [5.41, 5.74) is 1.63. The van der Waals surface area contributed by atoms with Gasteiger partial charge in [-0.2, -0.15) is 0 Å². The van der Waals surface area contributed by atoms with E-state index in [2.05, 4.69) is 16.6 Å². The van der Waals surface area contributed by atoms with Crippen LogP contribution in [-0.4, -0.2) is 36.0 Å². The first-order valence-electron chi connectivity index (χ1n) is 8.90. The van der Waals surface area contributed by atoms with E-state index < -0.39 is 0 Å². The zero-order valence-corrected chi connectivity index (χ0v) is 15.0. The minimum absolute atomic E-state index is 0.0887. The molecule has 1 atom stereocenters. The van der Waals surface area contributed by atoms with E-state index in [1.54, 1.807) is 0 Å². The lowest BCUT2D eigenvalue weighted by Gasteiger charge is -2.26. The standard InChI is InChI=1S/C20H27N3O2/c1-4-18(15(2)3)22-20(25)21-14-16-8-10-17(11-9-16)19(24)23-12-6-5-7-13-23/h1,8-11,15,18H,5-7,12-14H2,2-3H3,(H2,21,22,25). The molecule has 3 amide bonds. The highest BCUT2D eigenvalue weighted by Crippen LogP contribution is 2.14. The van der Waals surface area contributed by atoms with Crippen molar-refractivity contribution in [1.82, 2.24) is 15.5 Å². The number of carbonyl (C=O) groups is 2. The second-order valence-corrected chi connectivity index (χ2v) is 6.77. The number of amides is 3. The van der Waals surface area contributed by atoms with Crippen LogP contribution >= 0.6 is 0 Å². The number of nitrogens with zero attached hydrogens (tertiary/aromatic N) is 1. The average molecular weight is 341 g/mol. The Labute approximate surface area is 150 Å². The van der Waals surface area contributed by atoms with Gasteiger partial charge in [-0.05, 0) is 42.9 Å². The van der Waals surface area contributed by atoms with Gasteiger partial charge in [0.25, 0.3) is 5.91 Å². The molecule has 5 nitrogen and oxygen atoms in total. The smallest absolute Gasteiger partial charge is 0.316 e. The van der Waals surface area contributed by atoms with E-state index in [9.17, 15) is 9.59 Å². The number of rotatable bonds is 5. The Morgan fingerprint density at radius 1 is 1.16 bits per heavy atom. The lowest BCUT2D eigenvalue weighted by atomic mass is 10.1. The summed E-state index contributed by atoms with van der Waals surface area (Å²) in [6, 6.07) is 6.82. The summed E-state index contributed by atoms with van der Waals surface area (Å²) in [5, 5.41) is 5.55. The molecule has 0 saturated carbocycles. The monoisotopic (exact) mass is 341 g/mol. The Balaban J connectivity index is 1.85. The molecule has 1 fully saturated rings. The third-order valence-electron chi connectivity index (χ3n) is 4.43. The van der Waals surface area contributed by atoms with E-state index in [1.165, 1.54) is 6.42 Å². The van der Waals surface area contributed by atoms with Crippen molar-refractivity contribution in [3.05, 3.63) is 35.4 Å². The number of hydrogen-bond acceptors (Lipinski definition) is 2. The topological polar surface area (TPSA) is 61.4 Å². The predicted octanol–water partition coefficient (Wildman–Crippen LogP) is 2.77. The lowest BCUT2D eigenvalue weighted by Crippen LogP contribution is -2.43. The van der Waals surface area contributed by atoms with Gasteiger partial charge < -0.3 is 15.5 Å². The summed E-state index contributed by atoms with van der Waals surface area (Å²) in [6.45, 7) is 5.99. The van der Waals surface area contributed by atoms with E-state index in [1.807, 2.05) is 43.0 Å². The molecule has 1 aliphatic heterocycles. The van der Waals surface area contributed by atoms with Crippen LogP contribution in [0.25, 0.3) is 0 Å². The fourth-order valence-corrected chi connectivity index (χ4v) is 2.82. The zero-order chi connectivity index (χ0) is 18.2. The molecule has 1 aromatic carbocycles. The molecule has 2 N–H and O–H groups in total. The summed E-state index contributed by atoms with van der Waals surface area (Å²) in [7, 11) is 0. The van der Waals surface area contributed by atoms with E-state index in [4.69, 9.17) is 6.42 Å². The second kappa shape index (κ2) is 9.12. The number of likely N-dealkylation sites (tertiary alicyclic amines) is 1. The fraction of sp³-hybridized carbons (Fsp3) is 0.500. The quantitative estimate of drug-likeness (QED) is 0.809. The van der Waals surface area contributed by atoms with Gasteiger partial charge in [0.1, 0.15) is 0 Å². The molecule has 1 heterocycles. The number of piperidine rings is 1. The average Bonchev–Trinajstić information content (AvgIpc) is 2.64. The first-order valence-corrected chi connectivity index (χ1v) is 8.90. The Kier molecular flexibility index (Phi) is 6.88. The van der Waals surface area contributed by atoms with Crippen molar-refractivity contribution in [3.63, 3.8) is 0 Å². The van der Waals surface area contributed by atoms with Crippen molar-refractivity contribution in [2.45, 2.75) is 45.7 Å². The molecular formula is C20H27N3O2. The Morgan fingerprint density at radius 2 is 1.80 bits per heavy atom. The molecule has 25 heavy (non-hydrogen) atoms. The van der Waals surface area contributed by atoms with Crippen LogP contribution in [0.2, 0.25) is 0 Å². The van der Waals surface area contributed by atoms with Gasteiger partial charge in [0.05, 0.1) is 6.04 Å². The van der Waals surface area contributed by atoms with Crippen LogP contribution in [0.4, 0.5) is 4.79 Å². The molecule has 0 spiro atoms. The molecule has 0 aliphatic carbocycles. The van der Waals surface area contributed by atoms with Crippen LogP contribution in [0.1, 0.15) is 49.0 Å². The van der Waals surface area contributed by atoms with Gasteiger partial charge in [-0.1, -0.05) is 31.9 Å². The highest BCUT2D eigenvalue weighted by molar-refractivity contribution is 5.94. The van der Waals surface area contributed by atoms with Crippen molar-refractivity contribution in [2.75, 3.05) is 13.1 Å². The maximum atomic E-state index is 12.4. The molecular weight excluding hydrogens is 314 g/mol. The molecule has 0 bridgehead atoms. The number of hydrogen-bond donors (Lipinski definition) is 2. The maximum absolute atomic E-state index is 12.4. The predicted molar refractivity (Wildman–Crippen MR) is 99.0 cm³/mol. The van der Waals surface area contributed by atoms with E-state index in [0.717, 1.165) is 31.5 Å². The minimum Gasteiger partial charge on any atom is -0.339 e. The van der Waals surface area contributed by atoms with Gasteiger partial charge in [-0.3, -0.25) is 4.79 Å². The van der Waals surface area contributed by atoms with Gasteiger partial charge >= 0.3 is 6.03 Å². The van der Waals surface area contributed by atoms with E-state index in [-0.39, 0.29) is 23.9 Å². The van der Waals surface area contributed by atoms with Gasteiger partial charge in [-0.15, -0.1) is 6.42 Å². The molecule has 134 valence electrons. The number of benzene rings is 1. The van der Waals surface area contributed by atoms with Crippen LogP contribution in [-0.2, 0) is 6.54 Å². The number of urea groups is 1. The van der Waals surface area contributed by atoms with Gasteiger partial charge in [0.2, 0.25) is 0 Å². The fourth-order valence-electron chi connectivity index (χ4n) is 2.82. The van der Waals surface area contributed by atoms with Crippen molar-refractivity contribution >= 4 is 11.9 Å². The summed E-state index contributed by atoms with van der Waals surface area (Å²) in [5.74, 6) is 2.83. The number of nitrogens with one attached hydrogen (secondary N) is 2.